The molecule has 3 heteroatoms. The van der Waals surface area contributed by atoms with Crippen molar-refractivity contribution in [2.45, 2.75) is 33.2 Å². The molecule has 0 N–H and O–H groups in total. The van der Waals surface area contributed by atoms with E-state index >= 15 is 0 Å². The minimum atomic E-state index is 0.208. The number of ketones is 1. The van der Waals surface area contributed by atoms with E-state index in [1.807, 2.05) is 24.3 Å². The zero-order chi connectivity index (χ0) is 13.7. The zero-order valence-electron chi connectivity index (χ0n) is 11.6. The fraction of sp³-hybridized carbons (Fsp3) is 0.533. The van der Waals surface area contributed by atoms with Gasteiger partial charge in [-0.2, -0.15) is 0 Å². The Morgan fingerprint density at radius 3 is 2.56 bits per heavy atom. The second-order valence-electron chi connectivity index (χ2n) is 5.15. The third-order valence-corrected chi connectivity index (χ3v) is 3.99. The largest absolute Gasteiger partial charge is 0.303 e. The highest BCUT2D eigenvalue weighted by atomic mass is 79.9. The first-order chi connectivity index (χ1) is 8.41. The van der Waals surface area contributed by atoms with Crippen molar-refractivity contribution in [1.82, 2.24) is 4.90 Å². The molecule has 0 aliphatic carbocycles. The van der Waals surface area contributed by atoms with E-state index in [9.17, 15) is 4.79 Å². The van der Waals surface area contributed by atoms with Crippen molar-refractivity contribution in [3.8, 4) is 0 Å². The molecule has 0 heterocycles. The number of carbonyl (C=O) groups excluding carboxylic acids is 1. The van der Waals surface area contributed by atoms with Gasteiger partial charge in [0.2, 0.25) is 0 Å². The third-order valence-electron chi connectivity index (χ3n) is 3.50. The van der Waals surface area contributed by atoms with Gasteiger partial charge in [-0.3, -0.25) is 4.79 Å². The van der Waals surface area contributed by atoms with Crippen LogP contribution in [0.15, 0.2) is 28.7 Å². The summed E-state index contributed by atoms with van der Waals surface area (Å²) < 4.78 is 0.956. The minimum Gasteiger partial charge on any atom is -0.303 e. The van der Waals surface area contributed by atoms with Crippen LogP contribution in [0.3, 0.4) is 0 Å². The lowest BCUT2D eigenvalue weighted by Gasteiger charge is -2.27. The molecule has 0 amide bonds. The molecule has 1 unspecified atom stereocenters. The molecule has 0 fully saturated rings. The van der Waals surface area contributed by atoms with Crippen LogP contribution in [0.2, 0.25) is 0 Å². The lowest BCUT2D eigenvalue weighted by Crippen LogP contribution is -2.34. The lowest BCUT2D eigenvalue weighted by atomic mass is 10.0. The molecule has 1 aromatic rings. The predicted octanol–water partition coefficient (Wildman–Crippen LogP) is 4.00. The summed E-state index contributed by atoms with van der Waals surface area (Å²) in [5.74, 6) is 0.815. The summed E-state index contributed by atoms with van der Waals surface area (Å²) in [6.45, 7) is 7.42. The summed E-state index contributed by atoms with van der Waals surface area (Å²) in [5.41, 5.74) is 0.787. The summed E-state index contributed by atoms with van der Waals surface area (Å²) in [4.78, 5) is 14.3. The molecule has 2 nitrogen and oxygen atoms in total. The van der Waals surface area contributed by atoms with E-state index < -0.39 is 0 Å². The van der Waals surface area contributed by atoms with Crippen LogP contribution in [0.25, 0.3) is 0 Å². The van der Waals surface area contributed by atoms with Gasteiger partial charge in [-0.05, 0) is 32.0 Å². The Bertz CT molecular complexity index is 403. The molecule has 0 spiro atoms. The number of halogens is 1. The van der Waals surface area contributed by atoms with Crippen molar-refractivity contribution < 1.29 is 4.79 Å². The number of hydrogen-bond acceptors (Lipinski definition) is 2. The number of carbonyl (C=O) groups is 1. The van der Waals surface area contributed by atoms with E-state index in [1.165, 1.54) is 0 Å². The molecule has 0 bridgehead atoms. The van der Waals surface area contributed by atoms with E-state index in [0.29, 0.717) is 18.4 Å². The van der Waals surface area contributed by atoms with Gasteiger partial charge < -0.3 is 4.90 Å². The van der Waals surface area contributed by atoms with Crippen LogP contribution >= 0.6 is 15.9 Å². The summed E-state index contributed by atoms with van der Waals surface area (Å²) in [6.07, 6.45) is 0.573. The van der Waals surface area contributed by atoms with Crippen LogP contribution in [0.4, 0.5) is 0 Å². The molecule has 1 aromatic carbocycles. The van der Waals surface area contributed by atoms with Crippen LogP contribution in [0.1, 0.15) is 37.6 Å². The van der Waals surface area contributed by atoms with Gasteiger partial charge >= 0.3 is 0 Å². The maximum atomic E-state index is 12.0. The Kier molecular flexibility index (Phi) is 6.03. The first-order valence-corrected chi connectivity index (χ1v) is 7.20. The predicted molar refractivity (Wildman–Crippen MR) is 80.0 cm³/mol. The van der Waals surface area contributed by atoms with Crippen LogP contribution in [0.5, 0.6) is 0 Å². The molecule has 0 saturated carbocycles. The molecule has 0 saturated heterocycles. The SMILES string of the molecule is CC(C)C(C)N(C)CCC(=O)c1cccc(Br)c1. The minimum absolute atomic E-state index is 0.208. The number of rotatable bonds is 6. The highest BCUT2D eigenvalue weighted by Crippen LogP contribution is 2.14. The molecular weight excluding hydrogens is 290 g/mol. The second kappa shape index (κ2) is 7.05. The summed E-state index contributed by atoms with van der Waals surface area (Å²) in [7, 11) is 2.08. The van der Waals surface area contributed by atoms with Gasteiger partial charge in [0.05, 0.1) is 0 Å². The topological polar surface area (TPSA) is 20.3 Å². The number of Topliss-reactive ketones (excluding diaryl/α,β-unsaturated/α-hetero) is 1. The van der Waals surface area contributed by atoms with Crippen molar-refractivity contribution in [3.63, 3.8) is 0 Å². The average Bonchev–Trinajstić information content (AvgIpc) is 2.34. The third kappa shape index (κ3) is 4.54. The maximum Gasteiger partial charge on any atom is 0.164 e. The van der Waals surface area contributed by atoms with Crippen molar-refractivity contribution in [2.24, 2.45) is 5.92 Å². The van der Waals surface area contributed by atoms with Crippen molar-refractivity contribution in [3.05, 3.63) is 34.3 Å². The molecule has 100 valence electrons. The van der Waals surface area contributed by atoms with E-state index in [2.05, 4.69) is 48.6 Å². The second-order valence-corrected chi connectivity index (χ2v) is 6.06. The summed E-state index contributed by atoms with van der Waals surface area (Å²) in [6, 6.07) is 8.09. The normalized spacial score (nSPS) is 13.1. The zero-order valence-corrected chi connectivity index (χ0v) is 13.2. The van der Waals surface area contributed by atoms with Gasteiger partial charge in [0.1, 0.15) is 0 Å². The molecule has 0 aromatic heterocycles. The number of hydrogen-bond donors (Lipinski definition) is 0. The molecule has 1 atom stereocenters. The monoisotopic (exact) mass is 311 g/mol. The van der Waals surface area contributed by atoms with Crippen molar-refractivity contribution in [1.29, 1.82) is 0 Å². The van der Waals surface area contributed by atoms with Gasteiger partial charge in [-0.25, -0.2) is 0 Å². The van der Waals surface area contributed by atoms with Crippen LogP contribution in [-0.4, -0.2) is 30.3 Å². The van der Waals surface area contributed by atoms with E-state index in [-0.39, 0.29) is 5.78 Å². The van der Waals surface area contributed by atoms with Gasteiger partial charge in [-0.15, -0.1) is 0 Å². The van der Waals surface area contributed by atoms with Crippen molar-refractivity contribution in [2.75, 3.05) is 13.6 Å². The highest BCUT2D eigenvalue weighted by molar-refractivity contribution is 9.10. The molecular formula is C15H22BrNO. The van der Waals surface area contributed by atoms with Gasteiger partial charge in [-0.1, -0.05) is 41.9 Å². The molecule has 0 radical (unpaired) electrons. The van der Waals surface area contributed by atoms with Gasteiger partial charge in [0.15, 0.2) is 5.78 Å². The molecule has 0 aliphatic rings. The molecule has 18 heavy (non-hydrogen) atoms. The van der Waals surface area contributed by atoms with E-state index in [4.69, 9.17) is 0 Å². The fourth-order valence-corrected chi connectivity index (χ4v) is 2.20. The average molecular weight is 312 g/mol. The van der Waals surface area contributed by atoms with Gasteiger partial charge in [0, 0.05) is 29.0 Å². The molecule has 1 rings (SSSR count). The van der Waals surface area contributed by atoms with Crippen LogP contribution < -0.4 is 0 Å². The molecule has 0 aliphatic heterocycles. The Hall–Kier alpha value is -0.670. The first kappa shape index (κ1) is 15.4. The quantitative estimate of drug-likeness (QED) is 0.740. The van der Waals surface area contributed by atoms with E-state index in [1.54, 1.807) is 0 Å². The Morgan fingerprint density at radius 2 is 2.00 bits per heavy atom. The smallest absolute Gasteiger partial charge is 0.164 e. The fourth-order valence-electron chi connectivity index (χ4n) is 1.80. The Balaban J connectivity index is 2.51. The van der Waals surface area contributed by atoms with Gasteiger partial charge in [0.25, 0.3) is 0 Å². The van der Waals surface area contributed by atoms with Crippen LogP contribution in [-0.2, 0) is 0 Å². The highest BCUT2D eigenvalue weighted by Gasteiger charge is 2.14. The summed E-state index contributed by atoms with van der Waals surface area (Å²) in [5, 5.41) is 0. The first-order valence-electron chi connectivity index (χ1n) is 6.41. The lowest BCUT2D eigenvalue weighted by molar-refractivity contribution is 0.0955. The maximum absolute atomic E-state index is 12.0. The standard InChI is InChI=1S/C15H22BrNO/c1-11(2)12(3)17(4)9-8-15(18)13-6-5-7-14(16)10-13/h5-7,10-12H,8-9H2,1-4H3. The Labute approximate surface area is 119 Å². The number of nitrogens with zero attached hydrogens (tertiary/aromatic N) is 1. The van der Waals surface area contributed by atoms with Crippen molar-refractivity contribution >= 4 is 21.7 Å². The number of benzene rings is 1. The van der Waals surface area contributed by atoms with Crippen LogP contribution in [0, 0.1) is 5.92 Å². The van der Waals surface area contributed by atoms with E-state index in [0.717, 1.165) is 16.6 Å². The Morgan fingerprint density at radius 1 is 1.33 bits per heavy atom. The summed E-state index contributed by atoms with van der Waals surface area (Å²) >= 11 is 3.39.